The van der Waals surface area contributed by atoms with Gasteiger partial charge in [-0.15, -0.1) is 0 Å². The Balaban J connectivity index is 1.71. The Hall–Kier alpha value is -1.26. The average molecular weight is 301 g/mol. The molecule has 21 heavy (non-hydrogen) atoms. The molecule has 3 rings (SSSR count). The van der Waals surface area contributed by atoms with E-state index in [2.05, 4.69) is 36.8 Å². The predicted molar refractivity (Wildman–Crippen MR) is 88.9 cm³/mol. The molecule has 3 nitrogen and oxygen atoms in total. The van der Waals surface area contributed by atoms with E-state index in [0.29, 0.717) is 0 Å². The molecule has 0 aromatic carbocycles. The van der Waals surface area contributed by atoms with Crippen molar-refractivity contribution in [1.82, 2.24) is 15.3 Å². The number of rotatable bonds is 6. The lowest BCUT2D eigenvalue weighted by Gasteiger charge is -2.11. The lowest BCUT2D eigenvalue weighted by atomic mass is 10.1. The Morgan fingerprint density at radius 1 is 1.14 bits per heavy atom. The molecule has 0 spiro atoms. The summed E-state index contributed by atoms with van der Waals surface area (Å²) in [6.07, 6.45) is 4.95. The maximum absolute atomic E-state index is 4.74. The molecule has 1 saturated carbocycles. The zero-order chi connectivity index (χ0) is 14.8. The zero-order valence-corrected chi connectivity index (χ0v) is 13.9. The first-order valence-electron chi connectivity index (χ1n) is 7.76. The van der Waals surface area contributed by atoms with Gasteiger partial charge in [0.2, 0.25) is 0 Å². The number of nitrogens with zero attached hydrogens (tertiary/aromatic N) is 2. The van der Waals surface area contributed by atoms with Gasteiger partial charge >= 0.3 is 0 Å². The van der Waals surface area contributed by atoms with E-state index in [1.165, 1.54) is 36.0 Å². The van der Waals surface area contributed by atoms with Crippen LogP contribution in [0.5, 0.6) is 0 Å². The van der Waals surface area contributed by atoms with Gasteiger partial charge in [0.05, 0.1) is 0 Å². The van der Waals surface area contributed by atoms with Crippen molar-refractivity contribution >= 4 is 11.3 Å². The zero-order valence-electron chi connectivity index (χ0n) is 13.1. The molecule has 0 unspecified atom stereocenters. The van der Waals surface area contributed by atoms with Crippen LogP contribution in [-0.2, 0) is 6.42 Å². The standard InChI is InChI=1S/C17H23N3S/c1-11-9-21-10-16(11)17-19-12(2)15(13(3)20-17)5-4-8-18-14-6-7-14/h9-10,14,18H,4-8H2,1-3H3. The highest BCUT2D eigenvalue weighted by atomic mass is 32.1. The monoisotopic (exact) mass is 301 g/mol. The first kappa shape index (κ1) is 14.7. The van der Waals surface area contributed by atoms with E-state index in [4.69, 9.17) is 9.97 Å². The van der Waals surface area contributed by atoms with E-state index in [-0.39, 0.29) is 0 Å². The summed E-state index contributed by atoms with van der Waals surface area (Å²) in [5, 5.41) is 7.86. The van der Waals surface area contributed by atoms with Gasteiger partial charge in [0.25, 0.3) is 0 Å². The van der Waals surface area contributed by atoms with Gasteiger partial charge in [-0.25, -0.2) is 9.97 Å². The van der Waals surface area contributed by atoms with Crippen molar-refractivity contribution in [1.29, 1.82) is 0 Å². The topological polar surface area (TPSA) is 37.8 Å². The molecule has 2 aromatic rings. The maximum atomic E-state index is 4.74. The summed E-state index contributed by atoms with van der Waals surface area (Å²) in [4.78, 5) is 9.48. The van der Waals surface area contributed by atoms with E-state index in [1.54, 1.807) is 11.3 Å². The molecule has 0 radical (unpaired) electrons. The molecule has 4 heteroatoms. The summed E-state index contributed by atoms with van der Waals surface area (Å²) in [5.41, 5.74) is 6.03. The number of hydrogen-bond donors (Lipinski definition) is 1. The molecular formula is C17H23N3S. The van der Waals surface area contributed by atoms with E-state index in [1.807, 2.05) is 0 Å². The van der Waals surface area contributed by atoms with E-state index in [0.717, 1.165) is 36.2 Å². The van der Waals surface area contributed by atoms with Crippen LogP contribution in [0.15, 0.2) is 10.8 Å². The Kier molecular flexibility index (Phi) is 4.36. The Labute approximate surface area is 130 Å². The number of aryl methyl sites for hydroxylation is 3. The third-order valence-electron chi connectivity index (χ3n) is 4.13. The summed E-state index contributed by atoms with van der Waals surface area (Å²) in [6, 6.07) is 0.799. The molecule has 0 atom stereocenters. The highest BCUT2D eigenvalue weighted by Crippen LogP contribution is 2.25. The highest BCUT2D eigenvalue weighted by molar-refractivity contribution is 7.08. The third kappa shape index (κ3) is 3.50. The van der Waals surface area contributed by atoms with Crippen molar-refractivity contribution in [3.63, 3.8) is 0 Å². The molecule has 0 amide bonds. The second-order valence-electron chi connectivity index (χ2n) is 6.00. The van der Waals surface area contributed by atoms with Crippen molar-refractivity contribution in [3.05, 3.63) is 33.3 Å². The van der Waals surface area contributed by atoms with E-state index >= 15 is 0 Å². The van der Waals surface area contributed by atoms with Crippen molar-refractivity contribution in [2.45, 2.75) is 52.5 Å². The van der Waals surface area contributed by atoms with Crippen LogP contribution in [0.2, 0.25) is 0 Å². The number of hydrogen-bond acceptors (Lipinski definition) is 4. The van der Waals surface area contributed by atoms with Gasteiger partial charge in [-0.3, -0.25) is 0 Å². The van der Waals surface area contributed by atoms with Gasteiger partial charge < -0.3 is 5.32 Å². The fraction of sp³-hybridized carbons (Fsp3) is 0.529. The molecule has 1 aliphatic rings. The Bertz CT molecular complexity index is 606. The summed E-state index contributed by atoms with van der Waals surface area (Å²) in [6.45, 7) is 7.46. The Morgan fingerprint density at radius 3 is 2.43 bits per heavy atom. The minimum Gasteiger partial charge on any atom is -0.314 e. The molecule has 1 N–H and O–H groups in total. The average Bonchev–Trinajstić information content (AvgIpc) is 3.17. The molecule has 2 aromatic heterocycles. The molecule has 112 valence electrons. The van der Waals surface area contributed by atoms with Gasteiger partial charge in [0.1, 0.15) is 0 Å². The minimum absolute atomic E-state index is 0.799. The van der Waals surface area contributed by atoms with Gasteiger partial charge in [0.15, 0.2) is 5.82 Å². The van der Waals surface area contributed by atoms with Crippen LogP contribution in [0.1, 0.15) is 41.8 Å². The molecule has 0 saturated heterocycles. The highest BCUT2D eigenvalue weighted by Gasteiger charge is 2.19. The number of nitrogens with one attached hydrogen (secondary N) is 1. The van der Waals surface area contributed by atoms with Crippen molar-refractivity contribution < 1.29 is 0 Å². The van der Waals surface area contributed by atoms with Gasteiger partial charge in [-0.05, 0) is 69.5 Å². The fourth-order valence-electron chi connectivity index (χ4n) is 2.67. The van der Waals surface area contributed by atoms with Crippen LogP contribution in [-0.4, -0.2) is 22.6 Å². The van der Waals surface area contributed by atoms with Crippen LogP contribution >= 0.6 is 11.3 Å². The third-order valence-corrected chi connectivity index (χ3v) is 4.99. The lowest BCUT2D eigenvalue weighted by Crippen LogP contribution is -2.18. The van der Waals surface area contributed by atoms with Crippen LogP contribution in [0.4, 0.5) is 0 Å². The predicted octanol–water partition coefficient (Wildman–Crippen LogP) is 3.81. The molecule has 1 aliphatic carbocycles. The number of aromatic nitrogens is 2. The molecule has 2 heterocycles. The van der Waals surface area contributed by atoms with Gasteiger partial charge in [-0.2, -0.15) is 11.3 Å². The van der Waals surface area contributed by atoms with Crippen LogP contribution in [0.25, 0.3) is 11.4 Å². The quantitative estimate of drug-likeness (QED) is 0.824. The lowest BCUT2D eigenvalue weighted by molar-refractivity contribution is 0.642. The minimum atomic E-state index is 0.799. The van der Waals surface area contributed by atoms with Crippen molar-refractivity contribution in [2.24, 2.45) is 0 Å². The van der Waals surface area contributed by atoms with E-state index < -0.39 is 0 Å². The van der Waals surface area contributed by atoms with Gasteiger partial charge in [0, 0.05) is 28.4 Å². The Morgan fingerprint density at radius 2 is 1.86 bits per heavy atom. The maximum Gasteiger partial charge on any atom is 0.160 e. The van der Waals surface area contributed by atoms with Gasteiger partial charge in [-0.1, -0.05) is 0 Å². The molecular weight excluding hydrogens is 278 g/mol. The van der Waals surface area contributed by atoms with Crippen LogP contribution in [0, 0.1) is 20.8 Å². The smallest absolute Gasteiger partial charge is 0.160 e. The normalized spacial score (nSPS) is 14.6. The summed E-state index contributed by atoms with van der Waals surface area (Å²) >= 11 is 1.71. The fourth-order valence-corrected chi connectivity index (χ4v) is 3.50. The second-order valence-corrected chi connectivity index (χ2v) is 6.74. The van der Waals surface area contributed by atoms with Crippen LogP contribution < -0.4 is 5.32 Å². The first-order chi connectivity index (χ1) is 10.1. The summed E-state index contributed by atoms with van der Waals surface area (Å²) in [5.74, 6) is 0.878. The molecule has 0 aliphatic heterocycles. The van der Waals surface area contributed by atoms with E-state index in [9.17, 15) is 0 Å². The first-order valence-corrected chi connectivity index (χ1v) is 8.70. The van der Waals surface area contributed by atoms with Crippen LogP contribution in [0.3, 0.4) is 0 Å². The number of thiophene rings is 1. The second kappa shape index (κ2) is 6.24. The van der Waals surface area contributed by atoms with Crippen molar-refractivity contribution in [2.75, 3.05) is 6.54 Å². The largest absolute Gasteiger partial charge is 0.314 e. The molecule has 0 bridgehead atoms. The SMILES string of the molecule is Cc1cscc1-c1nc(C)c(CCCNC2CC2)c(C)n1. The van der Waals surface area contributed by atoms with Crippen molar-refractivity contribution in [3.8, 4) is 11.4 Å². The summed E-state index contributed by atoms with van der Waals surface area (Å²) in [7, 11) is 0. The summed E-state index contributed by atoms with van der Waals surface area (Å²) < 4.78 is 0. The molecule has 1 fully saturated rings.